The van der Waals surface area contributed by atoms with Gasteiger partial charge in [-0.15, -0.1) is 0 Å². The van der Waals surface area contributed by atoms with Crippen LogP contribution in [0.15, 0.2) is 16.5 Å². The van der Waals surface area contributed by atoms with Crippen LogP contribution < -0.4 is 17.2 Å². The zero-order chi connectivity index (χ0) is 14.6. The van der Waals surface area contributed by atoms with Crippen LogP contribution in [-0.4, -0.2) is 35.8 Å². The summed E-state index contributed by atoms with van der Waals surface area (Å²) in [6.07, 6.45) is 0. The summed E-state index contributed by atoms with van der Waals surface area (Å²) in [6.45, 7) is 3.33. The standard InChI is InChI=1S/C12H20N4O3/c1-7-3-4-9(19-7)12(8(2)13)16(5-10(14)17)6-11(15)18/h3-4,8,12H,5-6,13H2,1-2H3,(H2,14,17)(H2,15,18). The van der Waals surface area contributed by atoms with Gasteiger partial charge in [0.05, 0.1) is 19.1 Å². The van der Waals surface area contributed by atoms with Crippen LogP contribution >= 0.6 is 0 Å². The number of primary amides is 2. The zero-order valence-corrected chi connectivity index (χ0v) is 11.1. The summed E-state index contributed by atoms with van der Waals surface area (Å²) in [4.78, 5) is 23.7. The number of hydrogen-bond acceptors (Lipinski definition) is 5. The van der Waals surface area contributed by atoms with Crippen molar-refractivity contribution in [2.45, 2.75) is 25.9 Å². The fraction of sp³-hybridized carbons (Fsp3) is 0.500. The predicted molar refractivity (Wildman–Crippen MR) is 69.8 cm³/mol. The highest BCUT2D eigenvalue weighted by Crippen LogP contribution is 2.25. The molecule has 0 aliphatic carbocycles. The third-order valence-electron chi connectivity index (χ3n) is 2.66. The molecule has 0 saturated heterocycles. The monoisotopic (exact) mass is 268 g/mol. The molecule has 1 aromatic rings. The van der Waals surface area contributed by atoms with Crippen molar-refractivity contribution in [2.24, 2.45) is 17.2 Å². The van der Waals surface area contributed by atoms with Crippen LogP contribution in [0, 0.1) is 6.92 Å². The maximum Gasteiger partial charge on any atom is 0.231 e. The molecule has 106 valence electrons. The quantitative estimate of drug-likeness (QED) is 0.599. The highest BCUT2D eigenvalue weighted by molar-refractivity contribution is 5.79. The third-order valence-corrected chi connectivity index (χ3v) is 2.66. The van der Waals surface area contributed by atoms with Crippen LogP contribution in [0.1, 0.15) is 24.5 Å². The summed E-state index contributed by atoms with van der Waals surface area (Å²) in [5.41, 5.74) is 16.3. The minimum absolute atomic E-state index is 0.116. The topological polar surface area (TPSA) is 129 Å². The first-order valence-electron chi connectivity index (χ1n) is 5.93. The van der Waals surface area contributed by atoms with Gasteiger partial charge in [-0.3, -0.25) is 14.5 Å². The van der Waals surface area contributed by atoms with Crippen LogP contribution in [0.3, 0.4) is 0 Å². The lowest BCUT2D eigenvalue weighted by atomic mass is 10.1. The number of rotatable bonds is 7. The molecule has 1 heterocycles. The smallest absolute Gasteiger partial charge is 0.231 e. The van der Waals surface area contributed by atoms with Gasteiger partial charge in [0.2, 0.25) is 11.8 Å². The zero-order valence-electron chi connectivity index (χ0n) is 11.1. The van der Waals surface area contributed by atoms with Gasteiger partial charge in [0.25, 0.3) is 0 Å². The second-order valence-corrected chi connectivity index (χ2v) is 4.59. The van der Waals surface area contributed by atoms with Gasteiger partial charge in [0.15, 0.2) is 0 Å². The van der Waals surface area contributed by atoms with Crippen molar-refractivity contribution in [3.8, 4) is 0 Å². The molecule has 0 aromatic carbocycles. The van der Waals surface area contributed by atoms with E-state index >= 15 is 0 Å². The molecule has 0 bridgehead atoms. The number of carbonyl (C=O) groups excluding carboxylic acids is 2. The second kappa shape index (κ2) is 6.35. The van der Waals surface area contributed by atoms with E-state index < -0.39 is 17.9 Å². The number of nitrogens with zero attached hydrogens (tertiary/aromatic N) is 1. The first-order chi connectivity index (χ1) is 8.81. The second-order valence-electron chi connectivity index (χ2n) is 4.59. The molecule has 0 radical (unpaired) electrons. The first kappa shape index (κ1) is 15.2. The van der Waals surface area contributed by atoms with E-state index in [9.17, 15) is 9.59 Å². The molecule has 6 N–H and O–H groups in total. The Hall–Kier alpha value is -1.86. The van der Waals surface area contributed by atoms with Crippen molar-refractivity contribution in [2.75, 3.05) is 13.1 Å². The Balaban J connectivity index is 3.04. The molecule has 19 heavy (non-hydrogen) atoms. The summed E-state index contributed by atoms with van der Waals surface area (Å²) in [7, 11) is 0. The molecule has 0 aliphatic rings. The van der Waals surface area contributed by atoms with E-state index in [1.807, 2.05) is 0 Å². The highest BCUT2D eigenvalue weighted by atomic mass is 16.3. The molecule has 2 amide bonds. The van der Waals surface area contributed by atoms with Crippen molar-refractivity contribution in [1.29, 1.82) is 0 Å². The van der Waals surface area contributed by atoms with Crippen LogP contribution in [-0.2, 0) is 9.59 Å². The minimum atomic E-state index is -0.560. The van der Waals surface area contributed by atoms with E-state index in [1.54, 1.807) is 26.0 Å². The molecule has 1 aromatic heterocycles. The Morgan fingerprint density at radius 3 is 2.11 bits per heavy atom. The Bertz CT molecular complexity index is 440. The SMILES string of the molecule is Cc1ccc(C(C(C)N)N(CC(N)=O)CC(N)=O)o1. The molecule has 0 aliphatic heterocycles. The fourth-order valence-electron chi connectivity index (χ4n) is 2.04. The normalized spacial score (nSPS) is 14.3. The van der Waals surface area contributed by atoms with Gasteiger partial charge in [-0.05, 0) is 26.0 Å². The van der Waals surface area contributed by atoms with E-state index in [0.29, 0.717) is 5.76 Å². The van der Waals surface area contributed by atoms with E-state index in [2.05, 4.69) is 0 Å². The number of aryl methyl sites for hydroxylation is 1. The molecule has 7 heteroatoms. The minimum Gasteiger partial charge on any atom is -0.465 e. The molecular formula is C12H20N4O3. The molecule has 7 nitrogen and oxygen atoms in total. The van der Waals surface area contributed by atoms with Gasteiger partial charge in [0.1, 0.15) is 11.5 Å². The molecule has 0 saturated carbocycles. The Labute approximate surface area is 111 Å². The van der Waals surface area contributed by atoms with Crippen LogP contribution in [0.4, 0.5) is 0 Å². The van der Waals surface area contributed by atoms with Crippen molar-refractivity contribution in [3.05, 3.63) is 23.7 Å². The van der Waals surface area contributed by atoms with Gasteiger partial charge in [-0.2, -0.15) is 0 Å². The van der Waals surface area contributed by atoms with E-state index in [4.69, 9.17) is 21.6 Å². The summed E-state index contributed by atoms with van der Waals surface area (Å²) in [6, 6.07) is 2.76. The van der Waals surface area contributed by atoms with Gasteiger partial charge in [-0.1, -0.05) is 0 Å². The van der Waals surface area contributed by atoms with Crippen LogP contribution in [0.5, 0.6) is 0 Å². The molecule has 0 spiro atoms. The van der Waals surface area contributed by atoms with Gasteiger partial charge < -0.3 is 21.6 Å². The summed E-state index contributed by atoms with van der Waals surface area (Å²) in [5, 5.41) is 0. The average Bonchev–Trinajstić information content (AvgIpc) is 2.62. The summed E-state index contributed by atoms with van der Waals surface area (Å²) in [5.74, 6) is 0.180. The van der Waals surface area contributed by atoms with Gasteiger partial charge in [0, 0.05) is 6.04 Å². The van der Waals surface area contributed by atoms with Crippen LogP contribution in [0.2, 0.25) is 0 Å². The molecule has 2 unspecified atom stereocenters. The lowest BCUT2D eigenvalue weighted by Gasteiger charge is -2.30. The van der Waals surface area contributed by atoms with Gasteiger partial charge >= 0.3 is 0 Å². The maximum absolute atomic E-state index is 11.1. The Morgan fingerprint density at radius 2 is 1.79 bits per heavy atom. The molecular weight excluding hydrogens is 248 g/mol. The number of furan rings is 1. The molecule has 0 fully saturated rings. The summed E-state index contributed by atoms with van der Waals surface area (Å²) >= 11 is 0. The van der Waals surface area contributed by atoms with Crippen LogP contribution in [0.25, 0.3) is 0 Å². The molecule has 2 atom stereocenters. The Morgan fingerprint density at radius 1 is 1.26 bits per heavy atom. The number of nitrogens with two attached hydrogens (primary N) is 3. The largest absolute Gasteiger partial charge is 0.465 e. The van der Waals surface area contributed by atoms with E-state index in [-0.39, 0.29) is 19.1 Å². The third kappa shape index (κ3) is 4.38. The van der Waals surface area contributed by atoms with Crippen molar-refractivity contribution >= 4 is 11.8 Å². The number of hydrogen-bond donors (Lipinski definition) is 3. The average molecular weight is 268 g/mol. The molecule has 1 rings (SSSR count). The van der Waals surface area contributed by atoms with Gasteiger partial charge in [-0.25, -0.2) is 0 Å². The maximum atomic E-state index is 11.1. The van der Waals surface area contributed by atoms with Crippen molar-refractivity contribution in [3.63, 3.8) is 0 Å². The lowest BCUT2D eigenvalue weighted by Crippen LogP contribution is -2.46. The highest BCUT2D eigenvalue weighted by Gasteiger charge is 2.29. The van der Waals surface area contributed by atoms with E-state index in [0.717, 1.165) is 5.76 Å². The Kier molecular flexibility index (Phi) is 5.08. The lowest BCUT2D eigenvalue weighted by molar-refractivity contribution is -0.123. The summed E-state index contributed by atoms with van der Waals surface area (Å²) < 4.78 is 5.53. The van der Waals surface area contributed by atoms with Crippen molar-refractivity contribution in [1.82, 2.24) is 4.90 Å². The first-order valence-corrected chi connectivity index (χ1v) is 5.93. The van der Waals surface area contributed by atoms with Crippen molar-refractivity contribution < 1.29 is 14.0 Å². The number of amides is 2. The fourth-order valence-corrected chi connectivity index (χ4v) is 2.04. The predicted octanol–water partition coefficient (Wildman–Crippen LogP) is -0.751. The van der Waals surface area contributed by atoms with E-state index in [1.165, 1.54) is 4.90 Å². The number of carbonyl (C=O) groups is 2.